The Kier molecular flexibility index (Phi) is 4.05. The molecular formula is C15H15N5O3. The maximum Gasteiger partial charge on any atom is 0.412 e. The first-order valence-corrected chi connectivity index (χ1v) is 6.98. The summed E-state index contributed by atoms with van der Waals surface area (Å²) in [7, 11) is 1.56. The summed E-state index contributed by atoms with van der Waals surface area (Å²) in [5, 5.41) is 2.56. The van der Waals surface area contributed by atoms with E-state index in [0.717, 1.165) is 11.3 Å². The molecule has 0 aliphatic rings. The van der Waals surface area contributed by atoms with Crippen LogP contribution in [0.2, 0.25) is 0 Å². The standard InChI is InChI=1S/C15H15N5O3/c1-3-23-15(21)19-12-8-20-9-17-11(6-13(20)18-12)10-4-5-14(22-2)16-7-10/h4-9H,3H2,1-2H3,(H,19,21). The topological polar surface area (TPSA) is 90.6 Å². The Morgan fingerprint density at radius 1 is 1.35 bits per heavy atom. The zero-order valence-electron chi connectivity index (χ0n) is 12.7. The van der Waals surface area contributed by atoms with E-state index in [4.69, 9.17) is 9.47 Å². The van der Waals surface area contributed by atoms with Crippen LogP contribution in [0.1, 0.15) is 6.92 Å². The lowest BCUT2D eigenvalue weighted by Gasteiger charge is -2.02. The van der Waals surface area contributed by atoms with Crippen LogP contribution in [0.25, 0.3) is 16.9 Å². The minimum Gasteiger partial charge on any atom is -0.481 e. The zero-order valence-corrected chi connectivity index (χ0v) is 12.7. The molecule has 0 bridgehead atoms. The molecule has 3 aromatic rings. The van der Waals surface area contributed by atoms with Crippen LogP contribution < -0.4 is 10.1 Å². The number of carbonyl (C=O) groups excluding carboxylic acids is 1. The van der Waals surface area contributed by atoms with Crippen molar-refractivity contribution in [3.05, 3.63) is 36.9 Å². The number of methoxy groups -OCH3 is 1. The minimum absolute atomic E-state index is 0.301. The second-order valence-electron chi connectivity index (χ2n) is 4.60. The summed E-state index contributed by atoms with van der Waals surface area (Å²) in [6.07, 6.45) is 4.43. The molecule has 8 heteroatoms. The quantitative estimate of drug-likeness (QED) is 0.795. The molecule has 3 rings (SSSR count). The van der Waals surface area contributed by atoms with Gasteiger partial charge in [-0.05, 0) is 13.0 Å². The molecule has 3 heterocycles. The largest absolute Gasteiger partial charge is 0.481 e. The highest BCUT2D eigenvalue weighted by Gasteiger charge is 2.08. The first-order valence-electron chi connectivity index (χ1n) is 6.98. The summed E-state index contributed by atoms with van der Waals surface area (Å²) in [4.78, 5) is 24.3. The molecule has 8 nitrogen and oxygen atoms in total. The molecule has 118 valence electrons. The zero-order chi connectivity index (χ0) is 16.2. The van der Waals surface area contributed by atoms with E-state index < -0.39 is 6.09 Å². The number of carbonyl (C=O) groups is 1. The summed E-state index contributed by atoms with van der Waals surface area (Å²) in [5.74, 6) is 0.937. The van der Waals surface area contributed by atoms with Gasteiger partial charge in [-0.2, -0.15) is 0 Å². The van der Waals surface area contributed by atoms with Crippen LogP contribution in [0.15, 0.2) is 36.9 Å². The molecule has 1 N–H and O–H groups in total. The van der Waals surface area contributed by atoms with Crippen molar-refractivity contribution in [1.29, 1.82) is 0 Å². The van der Waals surface area contributed by atoms with E-state index in [0.29, 0.717) is 24.0 Å². The molecular weight excluding hydrogens is 298 g/mol. The highest BCUT2D eigenvalue weighted by atomic mass is 16.5. The van der Waals surface area contributed by atoms with Crippen LogP contribution in [0.4, 0.5) is 10.6 Å². The number of hydrogen-bond acceptors (Lipinski definition) is 6. The second-order valence-corrected chi connectivity index (χ2v) is 4.60. The number of pyridine rings is 1. The molecule has 0 saturated carbocycles. The van der Waals surface area contributed by atoms with E-state index in [-0.39, 0.29) is 0 Å². The fraction of sp³-hybridized carbons (Fsp3) is 0.200. The van der Waals surface area contributed by atoms with Gasteiger partial charge in [0.05, 0.1) is 25.6 Å². The van der Waals surface area contributed by atoms with E-state index in [1.165, 1.54) is 0 Å². The number of hydrogen-bond donors (Lipinski definition) is 1. The molecule has 1 amide bonds. The van der Waals surface area contributed by atoms with Gasteiger partial charge < -0.3 is 9.47 Å². The summed E-state index contributed by atoms with van der Waals surface area (Å²) in [6.45, 7) is 2.04. The third-order valence-electron chi connectivity index (χ3n) is 3.09. The first kappa shape index (κ1) is 14.8. The molecule has 0 atom stereocenters. The van der Waals surface area contributed by atoms with Gasteiger partial charge in [-0.25, -0.2) is 19.7 Å². The number of nitrogens with zero attached hydrogens (tertiary/aromatic N) is 4. The van der Waals surface area contributed by atoms with Crippen molar-refractivity contribution in [2.45, 2.75) is 6.92 Å². The SMILES string of the molecule is CCOC(=O)Nc1cn2cnc(-c3ccc(OC)nc3)cc2n1. The Morgan fingerprint density at radius 3 is 2.91 bits per heavy atom. The summed E-state index contributed by atoms with van der Waals surface area (Å²) < 4.78 is 11.6. The van der Waals surface area contributed by atoms with Crippen molar-refractivity contribution in [2.24, 2.45) is 0 Å². The first-order chi connectivity index (χ1) is 11.2. The van der Waals surface area contributed by atoms with Crippen molar-refractivity contribution in [3.8, 4) is 17.1 Å². The average Bonchev–Trinajstić information content (AvgIpc) is 2.96. The molecule has 0 aromatic carbocycles. The number of imidazole rings is 1. The molecule has 23 heavy (non-hydrogen) atoms. The van der Waals surface area contributed by atoms with Gasteiger partial charge in [-0.3, -0.25) is 9.72 Å². The van der Waals surface area contributed by atoms with Gasteiger partial charge in [0.2, 0.25) is 5.88 Å². The second kappa shape index (κ2) is 6.30. The molecule has 0 radical (unpaired) electrons. The van der Waals surface area contributed by atoms with E-state index in [1.807, 2.05) is 6.07 Å². The third kappa shape index (κ3) is 3.20. The smallest absolute Gasteiger partial charge is 0.412 e. The third-order valence-corrected chi connectivity index (χ3v) is 3.09. The van der Waals surface area contributed by atoms with Gasteiger partial charge in [-0.1, -0.05) is 0 Å². The van der Waals surface area contributed by atoms with Crippen LogP contribution in [-0.4, -0.2) is 39.2 Å². The highest BCUT2D eigenvalue weighted by molar-refractivity contribution is 5.83. The lowest BCUT2D eigenvalue weighted by Crippen LogP contribution is -2.13. The Hall–Kier alpha value is -3.16. The maximum atomic E-state index is 11.4. The van der Waals surface area contributed by atoms with Crippen LogP contribution >= 0.6 is 0 Å². The Labute approximate surface area is 132 Å². The fourth-order valence-corrected chi connectivity index (χ4v) is 2.03. The van der Waals surface area contributed by atoms with Gasteiger partial charge in [0.1, 0.15) is 12.0 Å². The molecule has 0 saturated heterocycles. The van der Waals surface area contributed by atoms with Crippen molar-refractivity contribution < 1.29 is 14.3 Å². The highest BCUT2D eigenvalue weighted by Crippen LogP contribution is 2.20. The fourth-order valence-electron chi connectivity index (χ4n) is 2.03. The van der Waals surface area contributed by atoms with Gasteiger partial charge in [0.25, 0.3) is 0 Å². The summed E-state index contributed by atoms with van der Waals surface area (Å²) >= 11 is 0. The molecule has 3 aromatic heterocycles. The van der Waals surface area contributed by atoms with Crippen LogP contribution in [-0.2, 0) is 4.74 Å². The number of nitrogens with one attached hydrogen (secondary N) is 1. The molecule has 0 spiro atoms. The predicted octanol–water partition coefficient (Wildman–Crippen LogP) is 2.37. The van der Waals surface area contributed by atoms with Crippen molar-refractivity contribution >= 4 is 17.6 Å². The van der Waals surface area contributed by atoms with Gasteiger partial charge >= 0.3 is 6.09 Å². The number of fused-ring (bicyclic) bond motifs is 1. The molecule has 0 aliphatic heterocycles. The Balaban J connectivity index is 1.87. The van der Waals surface area contributed by atoms with Crippen molar-refractivity contribution in [3.63, 3.8) is 0 Å². The van der Waals surface area contributed by atoms with E-state index >= 15 is 0 Å². The van der Waals surface area contributed by atoms with Crippen molar-refractivity contribution in [2.75, 3.05) is 19.0 Å². The van der Waals surface area contributed by atoms with Gasteiger partial charge in [-0.15, -0.1) is 0 Å². The number of anilines is 1. The molecule has 0 aliphatic carbocycles. The number of ether oxygens (including phenoxy) is 2. The Morgan fingerprint density at radius 2 is 2.22 bits per heavy atom. The number of amides is 1. The van der Waals surface area contributed by atoms with Crippen LogP contribution in [0, 0.1) is 0 Å². The maximum absolute atomic E-state index is 11.4. The molecule has 0 fully saturated rings. The number of rotatable bonds is 4. The Bertz CT molecular complexity index is 829. The van der Waals surface area contributed by atoms with Gasteiger partial charge in [0, 0.05) is 23.9 Å². The van der Waals surface area contributed by atoms with E-state index in [2.05, 4.69) is 20.3 Å². The monoisotopic (exact) mass is 313 g/mol. The van der Waals surface area contributed by atoms with E-state index in [9.17, 15) is 4.79 Å². The lowest BCUT2D eigenvalue weighted by atomic mass is 10.2. The average molecular weight is 313 g/mol. The van der Waals surface area contributed by atoms with Crippen molar-refractivity contribution in [1.82, 2.24) is 19.4 Å². The summed E-state index contributed by atoms with van der Waals surface area (Å²) in [6, 6.07) is 5.44. The van der Waals surface area contributed by atoms with E-state index in [1.54, 1.807) is 49.3 Å². The van der Waals surface area contributed by atoms with Crippen LogP contribution in [0.5, 0.6) is 5.88 Å². The predicted molar refractivity (Wildman–Crippen MR) is 83.4 cm³/mol. The number of aromatic nitrogens is 4. The lowest BCUT2D eigenvalue weighted by molar-refractivity contribution is 0.168. The molecule has 0 unspecified atom stereocenters. The van der Waals surface area contributed by atoms with Crippen LogP contribution in [0.3, 0.4) is 0 Å². The summed E-state index contributed by atoms with van der Waals surface area (Å²) in [5.41, 5.74) is 2.22. The van der Waals surface area contributed by atoms with Gasteiger partial charge in [0.15, 0.2) is 5.82 Å². The normalized spacial score (nSPS) is 10.5. The minimum atomic E-state index is -0.538.